The highest BCUT2D eigenvalue weighted by Gasteiger charge is 2.34. The number of hydroxylamine groups is 4. The van der Waals surface area contributed by atoms with Gasteiger partial charge in [-0.1, -0.05) is 22.2 Å². The molecule has 2 saturated heterocycles. The van der Waals surface area contributed by atoms with Crippen LogP contribution in [0, 0.1) is 0 Å². The van der Waals surface area contributed by atoms with Crippen LogP contribution in [0.25, 0.3) is 0 Å². The Morgan fingerprint density at radius 1 is 0.500 bits per heavy atom. The second-order valence-electron chi connectivity index (χ2n) is 8.70. The number of hydrogen-bond acceptors (Lipinski definition) is 14. The summed E-state index contributed by atoms with van der Waals surface area (Å²) >= 11 is 0. The summed E-state index contributed by atoms with van der Waals surface area (Å²) in [6.07, 6.45) is 0.177. The van der Waals surface area contributed by atoms with Gasteiger partial charge in [0.2, 0.25) is 0 Å². The van der Waals surface area contributed by atoms with Gasteiger partial charge in [-0.15, -0.1) is 0 Å². The van der Waals surface area contributed by atoms with E-state index in [9.17, 15) is 28.8 Å². The molecule has 0 radical (unpaired) electrons. The van der Waals surface area contributed by atoms with Crippen molar-refractivity contribution >= 4 is 56.4 Å². The number of nitrogens with zero attached hydrogens (tertiary/aromatic N) is 2. The summed E-state index contributed by atoms with van der Waals surface area (Å²) in [7, 11) is 2.38. The average Bonchev–Trinajstić information content (AvgIpc) is 3.46. The van der Waals surface area contributed by atoms with Crippen LogP contribution in [0.3, 0.4) is 0 Å². The quantitative estimate of drug-likeness (QED) is 0.0672. The maximum absolute atomic E-state index is 11.2. The lowest BCUT2D eigenvalue weighted by Crippen LogP contribution is -2.32. The van der Waals surface area contributed by atoms with Gasteiger partial charge in [-0.2, -0.15) is 0 Å². The fourth-order valence-electron chi connectivity index (χ4n) is 3.02. The van der Waals surface area contributed by atoms with E-state index in [1.807, 2.05) is 0 Å². The molecule has 2 aliphatic heterocycles. The highest BCUT2D eigenvalue weighted by atomic mass is 28.1. The van der Waals surface area contributed by atoms with Gasteiger partial charge < -0.3 is 28.4 Å². The van der Waals surface area contributed by atoms with Crippen molar-refractivity contribution in [3.05, 3.63) is 0 Å². The van der Waals surface area contributed by atoms with Gasteiger partial charge in [0.15, 0.2) is 0 Å². The monoisotopic (exact) mass is 638 g/mol. The van der Waals surface area contributed by atoms with Gasteiger partial charge in [-0.05, 0) is 12.8 Å². The Morgan fingerprint density at radius 3 is 1.10 bits per heavy atom. The zero-order valence-electron chi connectivity index (χ0n) is 24.3. The number of rotatable bonds is 20. The minimum atomic E-state index is -1.09. The van der Waals surface area contributed by atoms with Crippen LogP contribution in [-0.2, 0) is 57.3 Å². The summed E-state index contributed by atoms with van der Waals surface area (Å²) in [4.78, 5) is 76.2. The Balaban J connectivity index is 0.000000420. The maximum Gasteiger partial charge on any atom is 0.534 e. The molecule has 42 heavy (non-hydrogen) atoms. The fourth-order valence-corrected chi connectivity index (χ4v) is 3.60. The van der Waals surface area contributed by atoms with Crippen LogP contribution in [0.15, 0.2) is 0 Å². The first kappa shape index (κ1) is 37.1. The molecule has 0 N–H and O–H groups in total. The normalized spacial score (nSPS) is 14.8. The van der Waals surface area contributed by atoms with Crippen LogP contribution < -0.4 is 0 Å². The van der Waals surface area contributed by atoms with Gasteiger partial charge in [-0.3, -0.25) is 28.9 Å². The molecule has 0 spiro atoms. The molecule has 0 atom stereocenters. The molecule has 2 fully saturated rings. The minimum absolute atomic E-state index is 0.0182. The van der Waals surface area contributed by atoms with Gasteiger partial charge in [0.05, 0.1) is 39.6 Å². The fraction of sp³-hybridized carbons (Fsp3) is 0.750. The van der Waals surface area contributed by atoms with Crippen LogP contribution in [-0.4, -0.2) is 133 Å². The molecular weight excluding hydrogens is 596 g/mol. The van der Waals surface area contributed by atoms with Gasteiger partial charge in [0, 0.05) is 59.4 Å². The average molecular weight is 639 g/mol. The van der Waals surface area contributed by atoms with Crippen molar-refractivity contribution in [1.29, 1.82) is 0 Å². The number of ether oxygens (including phenoxy) is 6. The Morgan fingerprint density at radius 2 is 0.786 bits per heavy atom. The van der Waals surface area contributed by atoms with Crippen molar-refractivity contribution < 1.29 is 66.9 Å². The summed E-state index contributed by atoms with van der Waals surface area (Å²) in [5, 5.41) is 0.876. The van der Waals surface area contributed by atoms with Gasteiger partial charge >= 0.3 is 12.3 Å². The van der Waals surface area contributed by atoms with Crippen LogP contribution in [0.1, 0.15) is 38.5 Å². The number of amides is 4. The standard InChI is InChI=1S/2C12H21NO7Si/c2*14-10-2-3-11(15)13(10)20-12(16)19-8-7-18-6-5-17-4-1-9-21/h2*1-9H2,21H3. The number of imide groups is 2. The van der Waals surface area contributed by atoms with Crippen molar-refractivity contribution in [3.63, 3.8) is 0 Å². The molecule has 240 valence electrons. The summed E-state index contributed by atoms with van der Waals surface area (Å²) in [5.41, 5.74) is 0. The summed E-state index contributed by atoms with van der Waals surface area (Å²) in [6, 6.07) is 2.44. The van der Waals surface area contributed by atoms with E-state index in [1.165, 1.54) is 32.6 Å². The Bertz CT molecular complexity index is 763. The first-order valence-electron chi connectivity index (χ1n) is 14.0. The van der Waals surface area contributed by atoms with Crippen molar-refractivity contribution in [1.82, 2.24) is 10.1 Å². The lowest BCUT2D eigenvalue weighted by molar-refractivity contribution is -0.178. The third-order valence-electron chi connectivity index (χ3n) is 5.27. The largest absolute Gasteiger partial charge is 0.534 e. The first-order chi connectivity index (χ1) is 20.3. The van der Waals surface area contributed by atoms with Crippen molar-refractivity contribution in [3.8, 4) is 0 Å². The van der Waals surface area contributed by atoms with E-state index in [1.54, 1.807) is 0 Å². The van der Waals surface area contributed by atoms with Gasteiger partial charge in [-0.25, -0.2) is 9.59 Å². The molecule has 0 aromatic heterocycles. The molecule has 0 aromatic carbocycles. The third kappa shape index (κ3) is 17.1. The molecule has 0 saturated carbocycles. The smallest absolute Gasteiger partial charge is 0.430 e. The Labute approximate surface area is 250 Å². The van der Waals surface area contributed by atoms with E-state index in [-0.39, 0.29) is 52.1 Å². The number of hydrogen-bond donors (Lipinski definition) is 0. The molecule has 2 rings (SSSR count). The molecule has 16 nitrogen and oxygen atoms in total. The molecule has 0 aromatic rings. The van der Waals surface area contributed by atoms with E-state index in [4.69, 9.17) is 18.9 Å². The molecule has 0 bridgehead atoms. The van der Waals surface area contributed by atoms with Crippen LogP contribution >= 0.6 is 0 Å². The van der Waals surface area contributed by atoms with Crippen molar-refractivity contribution in [2.45, 2.75) is 50.6 Å². The second-order valence-corrected chi connectivity index (χ2v) is 10.7. The van der Waals surface area contributed by atoms with E-state index >= 15 is 0 Å². The predicted molar refractivity (Wildman–Crippen MR) is 149 cm³/mol. The highest BCUT2D eigenvalue weighted by Crippen LogP contribution is 2.13. The lowest BCUT2D eigenvalue weighted by Gasteiger charge is -2.12. The summed E-state index contributed by atoms with van der Waals surface area (Å²) in [5.74, 6) is -2.17. The van der Waals surface area contributed by atoms with E-state index in [2.05, 4.69) is 19.1 Å². The second kappa shape index (κ2) is 23.6. The van der Waals surface area contributed by atoms with Crippen LogP contribution in [0.4, 0.5) is 9.59 Å². The summed E-state index contributed by atoms with van der Waals surface area (Å²) in [6.45, 7) is 3.69. The molecule has 2 aliphatic rings. The van der Waals surface area contributed by atoms with E-state index in [0.29, 0.717) is 36.6 Å². The molecule has 18 heteroatoms. The first-order valence-corrected chi connectivity index (χ1v) is 16.8. The van der Waals surface area contributed by atoms with Gasteiger partial charge in [0.1, 0.15) is 13.2 Å². The molecule has 2 heterocycles. The van der Waals surface area contributed by atoms with Crippen LogP contribution in [0.5, 0.6) is 0 Å². The third-order valence-corrected chi connectivity index (χ3v) is 6.68. The zero-order chi connectivity index (χ0) is 31.0. The summed E-state index contributed by atoms with van der Waals surface area (Å²) < 4.78 is 30.3. The van der Waals surface area contributed by atoms with E-state index in [0.717, 1.165) is 26.1 Å². The molecular formula is C24H42N2O14Si2. The topological polar surface area (TPSA) is 183 Å². The molecule has 0 aliphatic carbocycles. The SMILES string of the molecule is O=C(OCCOCCOCCC[SiH3])ON1C(=O)CCC1=O.O=C(OCCOCCOCCC[SiH3])ON1C(=O)CCC1=O. The highest BCUT2D eigenvalue weighted by molar-refractivity contribution is 6.08. The van der Waals surface area contributed by atoms with Crippen molar-refractivity contribution in [2.24, 2.45) is 0 Å². The minimum Gasteiger partial charge on any atom is -0.430 e. The number of carbonyl (C=O) groups excluding carboxylic acids is 6. The number of carbonyl (C=O) groups is 6. The maximum atomic E-state index is 11.2. The molecule has 0 unspecified atom stereocenters. The Kier molecular flexibility index (Phi) is 20.9. The predicted octanol–water partition coefficient (Wildman–Crippen LogP) is -1.18. The van der Waals surface area contributed by atoms with Crippen LogP contribution in [0.2, 0.25) is 12.1 Å². The zero-order valence-corrected chi connectivity index (χ0v) is 28.3. The molecule has 4 amide bonds. The van der Waals surface area contributed by atoms with Gasteiger partial charge in [0.25, 0.3) is 23.6 Å². The lowest BCUT2D eigenvalue weighted by atomic mass is 10.4. The van der Waals surface area contributed by atoms with Crippen molar-refractivity contribution in [2.75, 3.05) is 66.1 Å². The Hall–Kier alpha value is -2.91. The van der Waals surface area contributed by atoms with E-state index < -0.39 is 35.9 Å².